The van der Waals surface area contributed by atoms with E-state index in [0.717, 1.165) is 29.7 Å². The Balaban J connectivity index is 0.000000505. The van der Waals surface area contributed by atoms with Crippen molar-refractivity contribution in [1.29, 1.82) is 0 Å². The molecule has 1 amide bonds. The van der Waals surface area contributed by atoms with Gasteiger partial charge in [-0.3, -0.25) is 4.79 Å². The van der Waals surface area contributed by atoms with Gasteiger partial charge in [-0.1, -0.05) is 28.8 Å². The first-order valence-electron chi connectivity index (χ1n) is 8.34. The molecule has 1 N–H and O–H groups in total. The maximum atomic E-state index is 12.0. The lowest BCUT2D eigenvalue weighted by molar-refractivity contribution is 0.0952. The predicted octanol–water partition coefficient (Wildman–Crippen LogP) is 4.29. The van der Waals surface area contributed by atoms with Crippen LogP contribution < -0.4 is 5.32 Å². The zero-order valence-corrected chi connectivity index (χ0v) is 15.5. The minimum Gasteiger partial charge on any atom is -0.352 e. The molecule has 0 aliphatic heterocycles. The van der Waals surface area contributed by atoms with Crippen molar-refractivity contribution in [2.24, 2.45) is 0 Å². The Labute approximate surface area is 145 Å². The minimum absolute atomic E-state index is 0.00238. The summed E-state index contributed by atoms with van der Waals surface area (Å²) in [5.41, 5.74) is 4.34. The second kappa shape index (κ2) is 10.4. The maximum Gasteiger partial charge on any atom is 0.251 e. The number of imidazole rings is 1. The molecule has 0 saturated carbocycles. The molecular weight excluding hydrogens is 298 g/mol. The summed E-state index contributed by atoms with van der Waals surface area (Å²) in [5.74, 6) is -0.00238. The molecule has 2 rings (SSSR count). The molecule has 0 bridgehead atoms. The largest absolute Gasteiger partial charge is 0.352 e. The first kappa shape index (κ1) is 19.7. The summed E-state index contributed by atoms with van der Waals surface area (Å²) < 4.78 is 2.00. The van der Waals surface area contributed by atoms with Gasteiger partial charge >= 0.3 is 0 Å². The van der Waals surface area contributed by atoms with Crippen LogP contribution in [0, 0.1) is 13.8 Å². The third kappa shape index (κ3) is 7.77. The topological polar surface area (TPSA) is 46.9 Å². The molecule has 4 nitrogen and oxygen atoms in total. The van der Waals surface area contributed by atoms with Crippen LogP contribution in [0.2, 0.25) is 0 Å². The monoisotopic (exact) mass is 327 g/mol. The molecule has 2 aromatic rings. The van der Waals surface area contributed by atoms with Crippen molar-refractivity contribution in [2.75, 3.05) is 6.54 Å². The zero-order chi connectivity index (χ0) is 17.9. The molecule has 1 aromatic carbocycles. The molecule has 1 aromatic heterocycles. The number of aryl methyl sites for hydroxylation is 3. The van der Waals surface area contributed by atoms with Crippen molar-refractivity contribution >= 4 is 5.91 Å². The SMILES string of the molecule is CC=C(C)C.Cc1cc(C)cc(C(=O)NCCCn2ccnc2)c1. The molecule has 0 aliphatic rings. The molecule has 0 atom stereocenters. The van der Waals surface area contributed by atoms with E-state index in [0.29, 0.717) is 6.54 Å². The van der Waals surface area contributed by atoms with Gasteiger partial charge in [-0.05, 0) is 53.2 Å². The average Bonchev–Trinajstić information content (AvgIpc) is 3.04. The Hall–Kier alpha value is -2.36. The van der Waals surface area contributed by atoms with Gasteiger partial charge < -0.3 is 9.88 Å². The predicted molar refractivity (Wildman–Crippen MR) is 100 cm³/mol. The number of hydrogen-bond acceptors (Lipinski definition) is 2. The number of allylic oxidation sites excluding steroid dienone is 2. The Morgan fingerprint density at radius 3 is 2.33 bits per heavy atom. The summed E-state index contributed by atoms with van der Waals surface area (Å²) in [6.07, 6.45) is 8.44. The van der Waals surface area contributed by atoms with Crippen molar-refractivity contribution in [3.63, 3.8) is 0 Å². The molecule has 0 unspecified atom stereocenters. The number of hydrogen-bond donors (Lipinski definition) is 1. The van der Waals surface area contributed by atoms with Crippen LogP contribution in [0.4, 0.5) is 0 Å². The molecule has 0 aliphatic carbocycles. The van der Waals surface area contributed by atoms with Gasteiger partial charge in [0.25, 0.3) is 5.91 Å². The Morgan fingerprint density at radius 1 is 1.21 bits per heavy atom. The molecule has 1 heterocycles. The number of aromatic nitrogens is 2. The van der Waals surface area contributed by atoms with Gasteiger partial charge in [0.05, 0.1) is 6.33 Å². The fraction of sp³-hybridized carbons (Fsp3) is 0.400. The molecular formula is C20H29N3O. The van der Waals surface area contributed by atoms with Crippen LogP contribution in [0.15, 0.2) is 48.6 Å². The van der Waals surface area contributed by atoms with Crippen LogP contribution in [-0.2, 0) is 6.54 Å². The van der Waals surface area contributed by atoms with Crippen LogP contribution in [0.25, 0.3) is 0 Å². The molecule has 24 heavy (non-hydrogen) atoms. The normalized spacial score (nSPS) is 9.71. The van der Waals surface area contributed by atoms with E-state index in [9.17, 15) is 4.79 Å². The summed E-state index contributed by atoms with van der Waals surface area (Å²) in [6.45, 7) is 11.7. The van der Waals surface area contributed by atoms with Gasteiger partial charge in [0.15, 0.2) is 0 Å². The lowest BCUT2D eigenvalue weighted by atomic mass is 10.1. The smallest absolute Gasteiger partial charge is 0.251 e. The third-order valence-electron chi connectivity index (χ3n) is 3.50. The van der Waals surface area contributed by atoms with Crippen molar-refractivity contribution in [3.05, 3.63) is 65.3 Å². The average molecular weight is 327 g/mol. The molecule has 0 fully saturated rings. The van der Waals surface area contributed by atoms with Gasteiger partial charge in [0.2, 0.25) is 0 Å². The Morgan fingerprint density at radius 2 is 1.83 bits per heavy atom. The Bertz CT molecular complexity index is 633. The molecule has 0 spiro atoms. The number of nitrogens with one attached hydrogen (secondary N) is 1. The van der Waals surface area contributed by atoms with Gasteiger partial charge in [-0.25, -0.2) is 4.98 Å². The molecule has 4 heteroatoms. The fourth-order valence-electron chi connectivity index (χ4n) is 2.09. The number of carbonyl (C=O) groups is 1. The summed E-state index contributed by atoms with van der Waals surface area (Å²) >= 11 is 0. The maximum absolute atomic E-state index is 12.0. The van der Waals surface area contributed by atoms with Crippen molar-refractivity contribution in [2.45, 2.75) is 47.6 Å². The van der Waals surface area contributed by atoms with Gasteiger partial charge in [-0.15, -0.1) is 0 Å². The van der Waals surface area contributed by atoms with Crippen LogP contribution in [0.1, 0.15) is 48.7 Å². The summed E-state index contributed by atoms with van der Waals surface area (Å²) in [4.78, 5) is 16.0. The summed E-state index contributed by atoms with van der Waals surface area (Å²) in [5, 5.41) is 2.94. The summed E-state index contributed by atoms with van der Waals surface area (Å²) in [7, 11) is 0. The van der Waals surface area contributed by atoms with Gasteiger partial charge in [0.1, 0.15) is 0 Å². The zero-order valence-electron chi connectivity index (χ0n) is 15.5. The van der Waals surface area contributed by atoms with E-state index >= 15 is 0 Å². The highest BCUT2D eigenvalue weighted by Crippen LogP contribution is 2.08. The fourth-order valence-corrected chi connectivity index (χ4v) is 2.09. The van der Waals surface area contributed by atoms with E-state index in [1.807, 2.05) is 43.7 Å². The van der Waals surface area contributed by atoms with Crippen LogP contribution in [-0.4, -0.2) is 22.0 Å². The molecule has 0 radical (unpaired) electrons. The first-order valence-corrected chi connectivity index (χ1v) is 8.34. The van der Waals surface area contributed by atoms with E-state index in [4.69, 9.17) is 0 Å². The number of carbonyl (C=O) groups excluding carboxylic acids is 1. The van der Waals surface area contributed by atoms with E-state index < -0.39 is 0 Å². The first-order chi connectivity index (χ1) is 11.4. The molecule has 130 valence electrons. The van der Waals surface area contributed by atoms with Gasteiger partial charge in [0, 0.05) is 31.0 Å². The van der Waals surface area contributed by atoms with Crippen LogP contribution in [0.3, 0.4) is 0 Å². The number of amides is 1. The number of nitrogens with zero attached hydrogens (tertiary/aromatic N) is 2. The quantitative estimate of drug-likeness (QED) is 0.657. The van der Waals surface area contributed by atoms with Crippen LogP contribution in [0.5, 0.6) is 0 Å². The molecule has 0 saturated heterocycles. The van der Waals surface area contributed by atoms with Crippen molar-refractivity contribution in [3.8, 4) is 0 Å². The summed E-state index contributed by atoms with van der Waals surface area (Å²) in [6, 6.07) is 5.90. The standard InChI is InChI=1S/C15H19N3O.C5H10/c1-12-8-13(2)10-14(9-12)15(19)17-4-3-6-18-7-5-16-11-18;1-4-5(2)3/h5,7-11H,3-4,6H2,1-2H3,(H,17,19);4H,1-3H3. The van der Waals surface area contributed by atoms with Crippen molar-refractivity contribution in [1.82, 2.24) is 14.9 Å². The van der Waals surface area contributed by atoms with E-state index in [1.54, 1.807) is 12.5 Å². The number of rotatable bonds is 5. The van der Waals surface area contributed by atoms with Gasteiger partial charge in [-0.2, -0.15) is 0 Å². The lowest BCUT2D eigenvalue weighted by Crippen LogP contribution is -2.25. The number of benzene rings is 1. The van der Waals surface area contributed by atoms with Crippen LogP contribution >= 0.6 is 0 Å². The highest BCUT2D eigenvalue weighted by Gasteiger charge is 2.05. The van der Waals surface area contributed by atoms with E-state index in [-0.39, 0.29) is 5.91 Å². The Kier molecular flexibility index (Phi) is 8.55. The lowest BCUT2D eigenvalue weighted by Gasteiger charge is -2.07. The highest BCUT2D eigenvalue weighted by atomic mass is 16.1. The second-order valence-corrected chi connectivity index (χ2v) is 6.15. The third-order valence-corrected chi connectivity index (χ3v) is 3.50. The van der Waals surface area contributed by atoms with Crippen molar-refractivity contribution < 1.29 is 4.79 Å². The van der Waals surface area contributed by atoms with E-state index in [2.05, 4.69) is 36.3 Å². The minimum atomic E-state index is -0.00238. The van der Waals surface area contributed by atoms with E-state index in [1.165, 1.54) is 5.57 Å². The second-order valence-electron chi connectivity index (χ2n) is 6.15. The highest BCUT2D eigenvalue weighted by molar-refractivity contribution is 5.94.